The second-order valence-electron chi connectivity index (χ2n) is 5.37. The molecular formula is C17H24ClN3. The van der Waals surface area contributed by atoms with Crippen molar-refractivity contribution in [3.8, 4) is 0 Å². The molecule has 1 aromatic carbocycles. The van der Waals surface area contributed by atoms with Gasteiger partial charge in [0.2, 0.25) is 0 Å². The van der Waals surface area contributed by atoms with Gasteiger partial charge in [-0.25, -0.2) is 4.98 Å². The number of aromatic nitrogens is 2. The standard InChI is InChI=1S/C17H24ClN3/c1-4-8-19-16(14-6-7-15(18)13(3)12-14)17-20-9-11-21(17)10-5-2/h6-7,9,11-12,16,19H,4-5,8,10H2,1-3H3. The number of benzene rings is 1. The van der Waals surface area contributed by atoms with E-state index >= 15 is 0 Å². The lowest BCUT2D eigenvalue weighted by atomic mass is 10.0. The molecule has 0 saturated carbocycles. The summed E-state index contributed by atoms with van der Waals surface area (Å²) >= 11 is 6.15. The van der Waals surface area contributed by atoms with Crippen molar-refractivity contribution < 1.29 is 0 Å². The van der Waals surface area contributed by atoms with Crippen molar-refractivity contribution in [1.29, 1.82) is 0 Å². The molecule has 0 radical (unpaired) electrons. The van der Waals surface area contributed by atoms with Crippen LogP contribution >= 0.6 is 11.6 Å². The van der Waals surface area contributed by atoms with Gasteiger partial charge in [0, 0.05) is 24.0 Å². The molecule has 2 aromatic rings. The minimum Gasteiger partial charge on any atom is -0.333 e. The minimum absolute atomic E-state index is 0.113. The number of aryl methyl sites for hydroxylation is 2. The van der Waals surface area contributed by atoms with Gasteiger partial charge in [0.15, 0.2) is 0 Å². The molecule has 0 aliphatic heterocycles. The Balaban J connectivity index is 2.37. The first-order chi connectivity index (χ1) is 10.2. The molecule has 4 heteroatoms. The zero-order valence-electron chi connectivity index (χ0n) is 13.1. The van der Waals surface area contributed by atoms with Crippen LogP contribution in [0.3, 0.4) is 0 Å². The van der Waals surface area contributed by atoms with E-state index in [1.807, 2.05) is 19.2 Å². The van der Waals surface area contributed by atoms with E-state index in [1.165, 1.54) is 5.56 Å². The van der Waals surface area contributed by atoms with Gasteiger partial charge in [0.05, 0.1) is 6.04 Å². The zero-order valence-corrected chi connectivity index (χ0v) is 13.8. The summed E-state index contributed by atoms with van der Waals surface area (Å²) in [6.45, 7) is 8.36. The monoisotopic (exact) mass is 305 g/mol. The minimum atomic E-state index is 0.113. The van der Waals surface area contributed by atoms with E-state index in [-0.39, 0.29) is 6.04 Å². The predicted octanol–water partition coefficient (Wildman–Crippen LogP) is 4.34. The maximum Gasteiger partial charge on any atom is 0.130 e. The number of hydrogen-bond acceptors (Lipinski definition) is 2. The van der Waals surface area contributed by atoms with Gasteiger partial charge in [-0.1, -0.05) is 37.6 Å². The quantitative estimate of drug-likeness (QED) is 0.824. The molecular weight excluding hydrogens is 282 g/mol. The van der Waals surface area contributed by atoms with Crippen LogP contribution in [0.15, 0.2) is 30.6 Å². The van der Waals surface area contributed by atoms with Crippen molar-refractivity contribution >= 4 is 11.6 Å². The van der Waals surface area contributed by atoms with Crippen LogP contribution in [-0.2, 0) is 6.54 Å². The molecule has 0 amide bonds. The van der Waals surface area contributed by atoms with Crippen molar-refractivity contribution in [2.45, 2.75) is 46.2 Å². The summed E-state index contributed by atoms with van der Waals surface area (Å²) in [5, 5.41) is 4.42. The van der Waals surface area contributed by atoms with Crippen LogP contribution in [0.5, 0.6) is 0 Å². The molecule has 0 fully saturated rings. The highest BCUT2D eigenvalue weighted by molar-refractivity contribution is 6.31. The van der Waals surface area contributed by atoms with Crippen molar-refractivity contribution in [2.24, 2.45) is 0 Å². The van der Waals surface area contributed by atoms with E-state index in [0.717, 1.165) is 42.3 Å². The smallest absolute Gasteiger partial charge is 0.130 e. The Bertz CT molecular complexity index is 577. The second kappa shape index (κ2) is 7.62. The Kier molecular flexibility index (Phi) is 5.83. The number of halogens is 1. The van der Waals surface area contributed by atoms with Gasteiger partial charge in [-0.15, -0.1) is 0 Å². The first kappa shape index (κ1) is 16.1. The van der Waals surface area contributed by atoms with Gasteiger partial charge in [0.1, 0.15) is 5.82 Å². The Morgan fingerprint density at radius 3 is 2.76 bits per heavy atom. The highest BCUT2D eigenvalue weighted by atomic mass is 35.5. The third-order valence-corrected chi connectivity index (χ3v) is 4.01. The molecule has 1 N–H and O–H groups in total. The van der Waals surface area contributed by atoms with Gasteiger partial charge in [-0.05, 0) is 43.5 Å². The number of hydrogen-bond donors (Lipinski definition) is 1. The molecule has 2 rings (SSSR count). The Hall–Kier alpha value is -1.32. The van der Waals surface area contributed by atoms with Crippen LogP contribution in [0.2, 0.25) is 5.02 Å². The highest BCUT2D eigenvalue weighted by Gasteiger charge is 2.18. The molecule has 0 saturated heterocycles. The number of nitrogens with one attached hydrogen (secondary N) is 1. The first-order valence-corrected chi connectivity index (χ1v) is 8.05. The topological polar surface area (TPSA) is 29.9 Å². The van der Waals surface area contributed by atoms with Gasteiger partial charge >= 0.3 is 0 Å². The lowest BCUT2D eigenvalue weighted by molar-refractivity contribution is 0.530. The number of rotatable bonds is 7. The van der Waals surface area contributed by atoms with Crippen LogP contribution < -0.4 is 5.32 Å². The summed E-state index contributed by atoms with van der Waals surface area (Å²) in [6, 6.07) is 6.33. The molecule has 1 unspecified atom stereocenters. The van der Waals surface area contributed by atoms with E-state index < -0.39 is 0 Å². The van der Waals surface area contributed by atoms with E-state index in [2.05, 4.69) is 47.0 Å². The van der Waals surface area contributed by atoms with Gasteiger partial charge in [-0.2, -0.15) is 0 Å². The molecule has 0 aliphatic rings. The molecule has 1 aromatic heterocycles. The fourth-order valence-electron chi connectivity index (χ4n) is 2.51. The third-order valence-electron chi connectivity index (χ3n) is 3.58. The molecule has 0 spiro atoms. The maximum absolute atomic E-state index is 6.15. The first-order valence-electron chi connectivity index (χ1n) is 7.67. The van der Waals surface area contributed by atoms with E-state index in [9.17, 15) is 0 Å². The lowest BCUT2D eigenvalue weighted by Gasteiger charge is -2.20. The molecule has 0 bridgehead atoms. The fraction of sp³-hybridized carbons (Fsp3) is 0.471. The van der Waals surface area contributed by atoms with E-state index in [1.54, 1.807) is 0 Å². The summed E-state index contributed by atoms with van der Waals surface area (Å²) in [6.07, 6.45) is 6.14. The number of imidazole rings is 1. The van der Waals surface area contributed by atoms with Crippen molar-refractivity contribution in [2.75, 3.05) is 6.54 Å². The normalized spacial score (nSPS) is 12.6. The second-order valence-corrected chi connectivity index (χ2v) is 5.78. The van der Waals surface area contributed by atoms with E-state index in [0.29, 0.717) is 0 Å². The Morgan fingerprint density at radius 1 is 1.29 bits per heavy atom. The predicted molar refractivity (Wildman–Crippen MR) is 88.8 cm³/mol. The third kappa shape index (κ3) is 3.86. The van der Waals surface area contributed by atoms with Crippen LogP contribution in [0, 0.1) is 6.92 Å². The van der Waals surface area contributed by atoms with Crippen molar-refractivity contribution in [3.63, 3.8) is 0 Å². The van der Waals surface area contributed by atoms with Gasteiger partial charge in [-0.3, -0.25) is 0 Å². The summed E-state index contributed by atoms with van der Waals surface area (Å²) < 4.78 is 2.23. The molecule has 114 valence electrons. The summed E-state index contributed by atoms with van der Waals surface area (Å²) in [5.74, 6) is 1.08. The average Bonchev–Trinajstić information content (AvgIpc) is 2.92. The number of nitrogens with zero attached hydrogens (tertiary/aromatic N) is 2. The Morgan fingerprint density at radius 2 is 2.10 bits per heavy atom. The van der Waals surface area contributed by atoms with Gasteiger partial charge < -0.3 is 9.88 Å². The molecule has 21 heavy (non-hydrogen) atoms. The van der Waals surface area contributed by atoms with Crippen LogP contribution in [0.25, 0.3) is 0 Å². The molecule has 0 aliphatic carbocycles. The summed E-state index contributed by atoms with van der Waals surface area (Å²) in [7, 11) is 0. The van der Waals surface area contributed by atoms with Gasteiger partial charge in [0.25, 0.3) is 0 Å². The van der Waals surface area contributed by atoms with Crippen molar-refractivity contribution in [3.05, 3.63) is 52.6 Å². The summed E-state index contributed by atoms with van der Waals surface area (Å²) in [5.41, 5.74) is 2.32. The van der Waals surface area contributed by atoms with Crippen LogP contribution in [0.1, 0.15) is 49.7 Å². The Labute approximate surface area is 132 Å². The fourth-order valence-corrected chi connectivity index (χ4v) is 2.62. The van der Waals surface area contributed by atoms with Crippen LogP contribution in [0.4, 0.5) is 0 Å². The SMILES string of the molecule is CCCNC(c1ccc(Cl)c(C)c1)c1nccn1CCC. The van der Waals surface area contributed by atoms with E-state index in [4.69, 9.17) is 11.6 Å². The summed E-state index contributed by atoms with van der Waals surface area (Å²) in [4.78, 5) is 4.58. The lowest BCUT2D eigenvalue weighted by Crippen LogP contribution is -2.26. The zero-order chi connectivity index (χ0) is 15.2. The molecule has 1 atom stereocenters. The highest BCUT2D eigenvalue weighted by Crippen LogP contribution is 2.25. The molecule has 1 heterocycles. The van der Waals surface area contributed by atoms with Crippen LogP contribution in [-0.4, -0.2) is 16.1 Å². The maximum atomic E-state index is 6.15. The largest absolute Gasteiger partial charge is 0.333 e. The molecule has 3 nitrogen and oxygen atoms in total. The average molecular weight is 306 g/mol. The van der Waals surface area contributed by atoms with Crippen molar-refractivity contribution in [1.82, 2.24) is 14.9 Å².